The molecule has 2 unspecified atom stereocenters. The number of aromatic nitrogens is 1. The summed E-state index contributed by atoms with van der Waals surface area (Å²) in [6, 6.07) is 12.9. The van der Waals surface area contributed by atoms with Gasteiger partial charge in [-0.3, -0.25) is 14.5 Å². The normalized spacial score (nSPS) is 22.9. The topological polar surface area (TPSA) is 82.6 Å². The van der Waals surface area contributed by atoms with E-state index in [2.05, 4.69) is 5.32 Å². The summed E-state index contributed by atoms with van der Waals surface area (Å²) in [4.78, 5) is 46.7. The van der Waals surface area contributed by atoms with Gasteiger partial charge in [-0.05, 0) is 49.1 Å². The van der Waals surface area contributed by atoms with Crippen LogP contribution in [0.2, 0.25) is 0 Å². The second-order valence-corrected chi connectivity index (χ2v) is 9.85. The van der Waals surface area contributed by atoms with E-state index in [9.17, 15) is 18.8 Å². The number of urea groups is 1. The predicted octanol–water partition coefficient (Wildman–Crippen LogP) is 4.00. The molecule has 7 nitrogen and oxygen atoms in total. The van der Waals surface area contributed by atoms with Crippen molar-refractivity contribution in [2.75, 3.05) is 19.6 Å². The monoisotopic (exact) mass is 480 g/mol. The number of fused-ring (bicyclic) bond motifs is 1. The molecule has 2 saturated heterocycles. The Kier molecular flexibility index (Phi) is 5.81. The van der Waals surface area contributed by atoms with E-state index in [0.29, 0.717) is 18.7 Å². The first-order chi connectivity index (χ1) is 16.4. The van der Waals surface area contributed by atoms with E-state index in [4.69, 9.17) is 4.98 Å². The summed E-state index contributed by atoms with van der Waals surface area (Å²) in [6.45, 7) is 2.56. The largest absolute Gasteiger partial charge is 0.340 e. The first-order valence-corrected chi connectivity index (χ1v) is 12.3. The van der Waals surface area contributed by atoms with Crippen molar-refractivity contribution in [1.29, 1.82) is 0 Å². The van der Waals surface area contributed by atoms with E-state index in [0.717, 1.165) is 33.0 Å². The Morgan fingerprint density at radius 3 is 2.71 bits per heavy atom. The number of nitrogens with zero attached hydrogens (tertiary/aromatic N) is 3. The van der Waals surface area contributed by atoms with Gasteiger partial charge in [0, 0.05) is 19.0 Å². The number of amides is 4. The zero-order chi connectivity index (χ0) is 23.9. The highest BCUT2D eigenvalue weighted by Crippen LogP contribution is 2.34. The minimum absolute atomic E-state index is 0.132. The highest BCUT2D eigenvalue weighted by molar-refractivity contribution is 7.18. The maximum atomic E-state index is 13.4. The Labute approximate surface area is 200 Å². The molecule has 9 heteroatoms. The zero-order valence-corrected chi connectivity index (χ0v) is 19.6. The quantitative estimate of drug-likeness (QED) is 0.560. The summed E-state index contributed by atoms with van der Waals surface area (Å²) in [5.74, 6) is -1.04. The second-order valence-electron chi connectivity index (χ2n) is 8.79. The fourth-order valence-electron chi connectivity index (χ4n) is 4.85. The Morgan fingerprint density at radius 2 is 1.97 bits per heavy atom. The molecular formula is C25H25FN4O3S. The lowest BCUT2D eigenvalue weighted by atomic mass is 9.87. The van der Waals surface area contributed by atoms with Crippen LogP contribution >= 0.6 is 11.3 Å². The van der Waals surface area contributed by atoms with Crippen molar-refractivity contribution in [3.05, 3.63) is 64.9 Å². The number of imide groups is 1. The van der Waals surface area contributed by atoms with Gasteiger partial charge < -0.3 is 10.2 Å². The number of hydrogen-bond donors (Lipinski definition) is 1. The predicted molar refractivity (Wildman–Crippen MR) is 127 cm³/mol. The molecule has 2 aliphatic heterocycles. The number of rotatable bonds is 5. The van der Waals surface area contributed by atoms with Crippen LogP contribution in [0, 0.1) is 5.82 Å². The Hall–Kier alpha value is -3.33. The lowest BCUT2D eigenvalue weighted by Crippen LogP contribution is -2.47. The lowest BCUT2D eigenvalue weighted by molar-refractivity contribution is -0.140. The number of halogens is 1. The van der Waals surface area contributed by atoms with Gasteiger partial charge in [0.2, 0.25) is 5.91 Å². The molecule has 0 aliphatic carbocycles. The van der Waals surface area contributed by atoms with Crippen LogP contribution in [0.25, 0.3) is 10.2 Å². The molecule has 0 radical (unpaired) electrons. The number of carbonyl (C=O) groups excluding carboxylic acids is 3. The molecule has 2 atom stereocenters. The first-order valence-electron chi connectivity index (χ1n) is 11.4. The summed E-state index contributed by atoms with van der Waals surface area (Å²) in [5.41, 5.74) is 0.164. The Balaban J connectivity index is 1.31. The third-order valence-corrected chi connectivity index (χ3v) is 7.97. The summed E-state index contributed by atoms with van der Waals surface area (Å²) < 4.78 is 14.5. The van der Waals surface area contributed by atoms with Crippen molar-refractivity contribution >= 4 is 39.4 Å². The minimum Gasteiger partial charge on any atom is -0.340 e. The average Bonchev–Trinajstić information content (AvgIpc) is 3.40. The van der Waals surface area contributed by atoms with Crippen LogP contribution in [0.3, 0.4) is 0 Å². The molecule has 0 bridgehead atoms. The van der Waals surface area contributed by atoms with E-state index in [1.165, 1.54) is 24.3 Å². The van der Waals surface area contributed by atoms with Gasteiger partial charge >= 0.3 is 6.03 Å². The van der Waals surface area contributed by atoms with Crippen molar-refractivity contribution in [2.45, 2.75) is 37.6 Å². The van der Waals surface area contributed by atoms with E-state index < -0.39 is 23.3 Å². The molecule has 4 amide bonds. The molecule has 34 heavy (non-hydrogen) atoms. The molecular weight excluding hydrogens is 455 g/mol. The third kappa shape index (κ3) is 3.83. The first kappa shape index (κ1) is 22.5. The maximum absolute atomic E-state index is 13.4. The van der Waals surface area contributed by atoms with E-state index in [1.54, 1.807) is 23.2 Å². The van der Waals surface area contributed by atoms with Gasteiger partial charge in [0.25, 0.3) is 5.91 Å². The van der Waals surface area contributed by atoms with Gasteiger partial charge in [-0.25, -0.2) is 14.2 Å². The van der Waals surface area contributed by atoms with Crippen molar-refractivity contribution < 1.29 is 18.8 Å². The molecule has 5 rings (SSSR count). The number of benzene rings is 2. The number of hydrogen-bond acceptors (Lipinski definition) is 5. The summed E-state index contributed by atoms with van der Waals surface area (Å²) >= 11 is 1.65. The Bertz CT molecular complexity index is 1230. The maximum Gasteiger partial charge on any atom is 0.325 e. The number of thiazole rings is 1. The number of nitrogens with one attached hydrogen (secondary N) is 1. The van der Waals surface area contributed by atoms with Crippen molar-refractivity contribution in [1.82, 2.24) is 20.1 Å². The molecule has 176 valence electrons. The second kappa shape index (κ2) is 8.79. The highest BCUT2D eigenvalue weighted by Gasteiger charge is 2.52. The van der Waals surface area contributed by atoms with Gasteiger partial charge in [-0.2, -0.15) is 0 Å². The minimum atomic E-state index is -1.30. The van der Waals surface area contributed by atoms with Gasteiger partial charge in [-0.15, -0.1) is 11.3 Å². The van der Waals surface area contributed by atoms with Gasteiger partial charge in [0.1, 0.15) is 17.9 Å². The SMILES string of the molecule is CCC1(c2ccc(F)cc2)NC(=O)N(CC(=O)N2CCCC(c3nc4ccccc4s3)C2)C1=O. The fraction of sp³-hybridized carbons (Fsp3) is 0.360. The molecule has 0 saturated carbocycles. The standard InChI is InChI=1S/C25H25FN4O3S/c1-2-25(17-9-11-18(26)12-10-17)23(32)30(24(33)28-25)15-21(31)29-13-5-6-16(14-29)22-27-19-7-3-4-8-20(19)34-22/h3-4,7-12,16H,2,5-6,13-15H2,1H3,(H,28,33). The number of para-hydroxylation sites is 1. The van der Waals surface area contributed by atoms with Gasteiger partial charge in [-0.1, -0.05) is 31.2 Å². The van der Waals surface area contributed by atoms with Gasteiger partial charge in [0.15, 0.2) is 0 Å². The van der Waals surface area contributed by atoms with Crippen molar-refractivity contribution in [3.8, 4) is 0 Å². The molecule has 1 N–H and O–H groups in total. The van der Waals surface area contributed by atoms with Crippen LogP contribution in [-0.2, 0) is 15.1 Å². The smallest absolute Gasteiger partial charge is 0.325 e. The third-order valence-electron chi connectivity index (χ3n) is 6.77. The lowest BCUT2D eigenvalue weighted by Gasteiger charge is -2.32. The molecule has 3 heterocycles. The number of piperidine rings is 1. The van der Waals surface area contributed by atoms with E-state index >= 15 is 0 Å². The molecule has 2 aliphatic rings. The van der Waals surface area contributed by atoms with Crippen LogP contribution in [0.1, 0.15) is 42.7 Å². The Morgan fingerprint density at radius 1 is 1.21 bits per heavy atom. The molecule has 1 aromatic heterocycles. The molecule has 0 spiro atoms. The molecule has 2 aromatic carbocycles. The van der Waals surface area contributed by atoms with Crippen LogP contribution in [0.5, 0.6) is 0 Å². The van der Waals surface area contributed by atoms with E-state index in [-0.39, 0.29) is 24.8 Å². The van der Waals surface area contributed by atoms with Crippen molar-refractivity contribution in [2.24, 2.45) is 0 Å². The van der Waals surface area contributed by atoms with Crippen LogP contribution in [-0.4, -0.2) is 52.3 Å². The average molecular weight is 481 g/mol. The van der Waals surface area contributed by atoms with Crippen LogP contribution in [0.15, 0.2) is 48.5 Å². The number of likely N-dealkylation sites (tertiary alicyclic amines) is 1. The van der Waals surface area contributed by atoms with Gasteiger partial charge in [0.05, 0.1) is 15.2 Å². The summed E-state index contributed by atoms with van der Waals surface area (Å²) in [7, 11) is 0. The molecule has 2 fully saturated rings. The van der Waals surface area contributed by atoms with Crippen molar-refractivity contribution in [3.63, 3.8) is 0 Å². The fourth-order valence-corrected chi connectivity index (χ4v) is 5.94. The zero-order valence-electron chi connectivity index (χ0n) is 18.8. The van der Waals surface area contributed by atoms with Crippen LogP contribution < -0.4 is 5.32 Å². The number of carbonyl (C=O) groups is 3. The van der Waals surface area contributed by atoms with Crippen LogP contribution in [0.4, 0.5) is 9.18 Å². The summed E-state index contributed by atoms with van der Waals surface area (Å²) in [5, 5.41) is 3.76. The molecule has 3 aromatic rings. The highest BCUT2D eigenvalue weighted by atomic mass is 32.1. The van der Waals surface area contributed by atoms with E-state index in [1.807, 2.05) is 24.3 Å². The summed E-state index contributed by atoms with van der Waals surface area (Å²) in [6.07, 6.45) is 2.06.